The van der Waals surface area contributed by atoms with Crippen molar-refractivity contribution in [3.05, 3.63) is 64.3 Å². The summed E-state index contributed by atoms with van der Waals surface area (Å²) in [6, 6.07) is 11.7. The molecule has 0 unspecified atom stereocenters. The molecule has 0 spiro atoms. The number of aromatic nitrogens is 1. The van der Waals surface area contributed by atoms with Crippen molar-refractivity contribution in [1.29, 1.82) is 0 Å². The third kappa shape index (κ3) is 5.66. The van der Waals surface area contributed by atoms with E-state index in [2.05, 4.69) is 4.74 Å². The molecule has 4 nitrogen and oxygen atoms in total. The van der Waals surface area contributed by atoms with Crippen LogP contribution in [0, 0.1) is 13.8 Å². The summed E-state index contributed by atoms with van der Waals surface area (Å²) in [5, 5.41) is 9.12. The van der Waals surface area contributed by atoms with E-state index in [1.807, 2.05) is 36.6 Å². The standard InChI is InChI=1S/C18H15ClF3NO.C2H4O2/c1-11-12(2)23(17-9-14(19)6-7-16(11)17)10-13-4-3-5-15(8-13)24-18(20,21)22;1-2(3)4/h3-9H,10H2,1-2H3;1H3,(H,3,4). The molecular weight excluding hydrogens is 395 g/mol. The van der Waals surface area contributed by atoms with Gasteiger partial charge in [0.2, 0.25) is 0 Å². The molecule has 2 aromatic carbocycles. The van der Waals surface area contributed by atoms with E-state index in [0.717, 1.165) is 34.6 Å². The third-order valence-electron chi connectivity index (χ3n) is 4.07. The second-order valence-corrected chi connectivity index (χ2v) is 6.61. The minimum absolute atomic E-state index is 0.219. The van der Waals surface area contributed by atoms with Gasteiger partial charge in [-0.05, 0) is 49.2 Å². The van der Waals surface area contributed by atoms with Crippen molar-refractivity contribution in [2.75, 3.05) is 0 Å². The minimum atomic E-state index is -4.70. The molecule has 0 bridgehead atoms. The van der Waals surface area contributed by atoms with Gasteiger partial charge in [0.1, 0.15) is 5.75 Å². The zero-order chi connectivity index (χ0) is 21.1. The fourth-order valence-electron chi connectivity index (χ4n) is 2.85. The van der Waals surface area contributed by atoms with Gasteiger partial charge in [-0.15, -0.1) is 13.2 Å². The van der Waals surface area contributed by atoms with Crippen molar-refractivity contribution in [3.8, 4) is 5.75 Å². The Morgan fingerprint density at radius 1 is 1.18 bits per heavy atom. The lowest BCUT2D eigenvalue weighted by Gasteiger charge is -2.12. The maximum atomic E-state index is 12.4. The number of fused-ring (bicyclic) bond motifs is 1. The Morgan fingerprint density at radius 3 is 2.43 bits per heavy atom. The maximum Gasteiger partial charge on any atom is 0.573 e. The van der Waals surface area contributed by atoms with Crippen LogP contribution >= 0.6 is 11.6 Å². The number of carboxylic acid groups (broad SMARTS) is 1. The Hall–Kier alpha value is -2.67. The monoisotopic (exact) mass is 413 g/mol. The second kappa shape index (κ2) is 8.56. The van der Waals surface area contributed by atoms with Crippen molar-refractivity contribution in [2.24, 2.45) is 0 Å². The van der Waals surface area contributed by atoms with Crippen molar-refractivity contribution in [1.82, 2.24) is 4.57 Å². The number of hydrogen-bond donors (Lipinski definition) is 1. The van der Waals surface area contributed by atoms with Gasteiger partial charge in [0.15, 0.2) is 0 Å². The first kappa shape index (κ1) is 21.6. The second-order valence-electron chi connectivity index (χ2n) is 6.17. The van der Waals surface area contributed by atoms with Gasteiger partial charge < -0.3 is 14.4 Å². The first-order valence-corrected chi connectivity index (χ1v) is 8.65. The lowest BCUT2D eigenvalue weighted by atomic mass is 10.2. The fraction of sp³-hybridized carbons (Fsp3) is 0.250. The van der Waals surface area contributed by atoms with E-state index in [9.17, 15) is 13.2 Å². The summed E-state index contributed by atoms with van der Waals surface area (Å²) in [7, 11) is 0. The summed E-state index contributed by atoms with van der Waals surface area (Å²) in [5.74, 6) is -1.05. The van der Waals surface area contributed by atoms with E-state index in [0.29, 0.717) is 11.6 Å². The van der Waals surface area contributed by atoms with E-state index in [4.69, 9.17) is 21.5 Å². The maximum absolute atomic E-state index is 12.4. The number of hydrogen-bond acceptors (Lipinski definition) is 2. The highest BCUT2D eigenvalue weighted by atomic mass is 35.5. The fourth-order valence-corrected chi connectivity index (χ4v) is 3.02. The number of ether oxygens (including phenoxy) is 1. The molecule has 0 atom stereocenters. The van der Waals surface area contributed by atoms with E-state index in [-0.39, 0.29) is 5.75 Å². The Morgan fingerprint density at radius 2 is 1.82 bits per heavy atom. The molecule has 0 radical (unpaired) electrons. The highest BCUT2D eigenvalue weighted by Gasteiger charge is 2.31. The predicted molar refractivity (Wildman–Crippen MR) is 102 cm³/mol. The number of alkyl halides is 3. The summed E-state index contributed by atoms with van der Waals surface area (Å²) < 4.78 is 43.2. The van der Waals surface area contributed by atoms with Crippen LogP contribution in [0.2, 0.25) is 5.02 Å². The highest BCUT2D eigenvalue weighted by Crippen LogP contribution is 2.29. The molecule has 0 aliphatic rings. The van der Waals surface area contributed by atoms with Crippen LogP contribution < -0.4 is 4.74 Å². The number of carbonyl (C=O) groups is 1. The van der Waals surface area contributed by atoms with Gasteiger partial charge in [-0.25, -0.2) is 0 Å². The van der Waals surface area contributed by atoms with Crippen LogP contribution in [0.5, 0.6) is 5.75 Å². The molecule has 0 saturated carbocycles. The van der Waals surface area contributed by atoms with Crippen molar-refractivity contribution in [3.63, 3.8) is 0 Å². The number of rotatable bonds is 3. The largest absolute Gasteiger partial charge is 0.573 e. The normalized spacial score (nSPS) is 11.1. The number of nitrogens with zero attached hydrogens (tertiary/aromatic N) is 1. The van der Waals surface area contributed by atoms with Gasteiger partial charge in [0, 0.05) is 29.6 Å². The molecule has 0 saturated heterocycles. The average Bonchev–Trinajstić information content (AvgIpc) is 2.78. The molecule has 3 rings (SSSR count). The Kier molecular flexibility index (Phi) is 6.61. The first-order valence-electron chi connectivity index (χ1n) is 8.27. The van der Waals surface area contributed by atoms with Crippen molar-refractivity contribution < 1.29 is 27.8 Å². The summed E-state index contributed by atoms with van der Waals surface area (Å²) in [6.45, 7) is 5.52. The number of halogens is 4. The molecule has 0 amide bonds. The van der Waals surface area contributed by atoms with E-state index in [1.165, 1.54) is 12.1 Å². The number of aliphatic carboxylic acids is 1. The lowest BCUT2D eigenvalue weighted by Crippen LogP contribution is -2.17. The minimum Gasteiger partial charge on any atom is -0.481 e. The Labute approximate surface area is 165 Å². The molecule has 1 aromatic heterocycles. The summed E-state index contributed by atoms with van der Waals surface area (Å²) in [4.78, 5) is 9.00. The van der Waals surface area contributed by atoms with E-state index in [1.54, 1.807) is 12.1 Å². The molecule has 0 fully saturated rings. The smallest absolute Gasteiger partial charge is 0.481 e. The van der Waals surface area contributed by atoms with Gasteiger partial charge in [0.05, 0.1) is 5.52 Å². The number of aryl methyl sites for hydroxylation is 1. The topological polar surface area (TPSA) is 51.5 Å². The van der Waals surface area contributed by atoms with Crippen LogP contribution in [0.15, 0.2) is 42.5 Å². The van der Waals surface area contributed by atoms with Crippen LogP contribution in [0.25, 0.3) is 10.9 Å². The van der Waals surface area contributed by atoms with Gasteiger partial charge in [-0.3, -0.25) is 4.79 Å². The molecular formula is C20H19ClF3NO3. The Bertz CT molecular complexity index is 992. The lowest BCUT2D eigenvalue weighted by molar-refractivity contribution is -0.274. The SMILES string of the molecule is CC(=O)O.Cc1c(C)n(Cc2cccc(OC(F)(F)F)c2)c2cc(Cl)ccc12. The molecule has 1 N–H and O–H groups in total. The molecule has 28 heavy (non-hydrogen) atoms. The van der Waals surface area contributed by atoms with Crippen LogP contribution in [-0.2, 0) is 11.3 Å². The van der Waals surface area contributed by atoms with Gasteiger partial charge >= 0.3 is 6.36 Å². The number of benzene rings is 2. The number of carboxylic acids is 1. The van der Waals surface area contributed by atoms with Crippen LogP contribution in [-0.4, -0.2) is 22.0 Å². The molecule has 8 heteroatoms. The van der Waals surface area contributed by atoms with Gasteiger partial charge in [0.25, 0.3) is 5.97 Å². The van der Waals surface area contributed by atoms with E-state index < -0.39 is 12.3 Å². The molecule has 1 heterocycles. The summed E-state index contributed by atoms with van der Waals surface area (Å²) in [6.07, 6.45) is -4.70. The van der Waals surface area contributed by atoms with Gasteiger partial charge in [-0.1, -0.05) is 29.8 Å². The molecule has 0 aliphatic heterocycles. The summed E-state index contributed by atoms with van der Waals surface area (Å²) in [5.41, 5.74) is 3.86. The van der Waals surface area contributed by atoms with E-state index >= 15 is 0 Å². The first-order chi connectivity index (χ1) is 13.0. The summed E-state index contributed by atoms with van der Waals surface area (Å²) >= 11 is 6.09. The highest BCUT2D eigenvalue weighted by molar-refractivity contribution is 6.31. The third-order valence-corrected chi connectivity index (χ3v) is 4.31. The van der Waals surface area contributed by atoms with Crippen molar-refractivity contribution in [2.45, 2.75) is 33.7 Å². The zero-order valence-electron chi connectivity index (χ0n) is 15.5. The van der Waals surface area contributed by atoms with Gasteiger partial charge in [-0.2, -0.15) is 0 Å². The van der Waals surface area contributed by atoms with Crippen molar-refractivity contribution >= 4 is 28.5 Å². The van der Waals surface area contributed by atoms with Crippen LogP contribution in [0.3, 0.4) is 0 Å². The molecule has 0 aliphatic carbocycles. The van der Waals surface area contributed by atoms with Crippen LogP contribution in [0.4, 0.5) is 13.2 Å². The zero-order valence-corrected chi connectivity index (χ0v) is 16.2. The Balaban J connectivity index is 0.000000640. The molecule has 3 aromatic rings. The molecule has 150 valence electrons. The average molecular weight is 414 g/mol. The van der Waals surface area contributed by atoms with Crippen LogP contribution in [0.1, 0.15) is 23.7 Å². The quantitative estimate of drug-likeness (QED) is 0.577. The predicted octanol–water partition coefficient (Wildman–Crippen LogP) is 5.95.